The number of carbonyl (C=O) groups excluding carboxylic acids is 11. The molecule has 1 aromatic rings. The van der Waals surface area contributed by atoms with Crippen LogP contribution in [0.2, 0.25) is 0 Å². The number of carbonyl (C=O) groups is 11. The van der Waals surface area contributed by atoms with E-state index in [1.807, 2.05) is 26.0 Å². The van der Waals surface area contributed by atoms with E-state index in [1.54, 1.807) is 34.6 Å². The minimum Gasteiger partial charge on any atom is -0.497 e. The number of hydrogen-bond donors (Lipinski definition) is 10. The Hall–Kier alpha value is -6.11. The summed E-state index contributed by atoms with van der Waals surface area (Å²) in [4.78, 5) is 153. The molecule has 0 spiro atoms. The molecule has 12 N–H and O–H groups in total. The van der Waals surface area contributed by atoms with Gasteiger partial charge in [-0.05, 0) is 101 Å². The van der Waals surface area contributed by atoms with Crippen molar-refractivity contribution in [3.8, 4) is 5.75 Å². The number of benzene rings is 1. The van der Waals surface area contributed by atoms with Gasteiger partial charge in [0.2, 0.25) is 65.0 Å². The molecule has 0 unspecified atom stereocenters. The Morgan fingerprint density at radius 1 is 0.784 bits per heavy atom. The number of rotatable bonds is 10. The highest BCUT2D eigenvalue weighted by atomic mass is 33.1. The van der Waals surface area contributed by atoms with Crippen molar-refractivity contribution in [1.29, 1.82) is 0 Å². The molecular formula is C49H75N11O12S2. The van der Waals surface area contributed by atoms with Crippen LogP contribution in [0.5, 0.6) is 5.75 Å². The number of nitrogens with two attached hydrogens (primary N) is 2. The first-order chi connectivity index (χ1) is 34.9. The van der Waals surface area contributed by atoms with Gasteiger partial charge in [-0.3, -0.25) is 52.7 Å². The molecule has 410 valence electrons. The Morgan fingerprint density at radius 3 is 2.08 bits per heavy atom. The number of primary amides is 2. The second-order valence-electron chi connectivity index (χ2n) is 19.9. The Labute approximate surface area is 439 Å². The van der Waals surface area contributed by atoms with E-state index in [0.717, 1.165) is 27.5 Å². The number of ether oxygens (including phenoxy) is 1. The molecule has 3 aliphatic rings. The highest BCUT2D eigenvalue weighted by molar-refractivity contribution is 8.77. The fraction of sp³-hybridized carbons (Fsp3) is 0.653. The van der Waals surface area contributed by atoms with Crippen LogP contribution in [0.1, 0.15) is 121 Å². The van der Waals surface area contributed by atoms with Gasteiger partial charge < -0.3 is 63.6 Å². The fourth-order valence-corrected chi connectivity index (χ4v) is 12.0. The molecule has 3 fully saturated rings. The number of nitrogens with zero attached hydrogens (tertiary/aromatic N) is 1. The standard InChI is InChI=1S/C49H75N11O12S2/c1-9-25(2)40-46(69)55-31-15-16-37(63)52-17-11-10-13-30(42(65)53-23-36(51)62)54-45(68)34-14-12-18-60(34)48(71)33(57-44(67)32(21-35(50)61)56-43(31)66)24-73-74-49(6,7)22-38(64)58-41(47(70)59-40)28(5)39-26(3)19-29(72-8)20-27(39)4/h19-20,25,28,30-34,40-41H,9-18,21-24H2,1-8H3,(H2,50,61)(H2,51,62)(H,52,63)(H,53,65)(H,54,68)(H,55,69)(H,56,66)(H,57,67)(H,58,64)(H,59,70)/t25-,28+,30-,31-,32+,33+,34-,40-,41+/m0/s1. The van der Waals surface area contributed by atoms with E-state index >= 15 is 0 Å². The van der Waals surface area contributed by atoms with Crippen molar-refractivity contribution >= 4 is 86.6 Å². The monoisotopic (exact) mass is 1070 g/mol. The Morgan fingerprint density at radius 2 is 1.45 bits per heavy atom. The highest BCUT2D eigenvalue weighted by Gasteiger charge is 2.42. The summed E-state index contributed by atoms with van der Waals surface area (Å²) in [5.74, 6) is -9.25. The minimum absolute atomic E-state index is 0.0665. The van der Waals surface area contributed by atoms with Crippen LogP contribution in [-0.2, 0) is 52.7 Å². The molecule has 11 amide bonds. The zero-order chi connectivity index (χ0) is 55.0. The SMILES string of the molecule is CC[C@H](C)[C@@H]1NC(=O)[C@@H]([C@H](C)c2c(C)cc(OC)cc2C)NC(=O)CC(C)(C)SSC[C@H]2NC(=O)[C@@H](CC(N)=O)NC(=O)[C@H](CCC(=O)NCCCC[C@@H](C(=O)NCC(N)=O)NC(=O)[C@@H]3CCCN3C2=O)NC1=O. The molecule has 4 rings (SSSR count). The molecule has 1 aromatic carbocycles. The first-order valence-electron chi connectivity index (χ1n) is 25.0. The smallest absolute Gasteiger partial charge is 0.246 e. The van der Waals surface area contributed by atoms with E-state index < -0.39 is 137 Å². The van der Waals surface area contributed by atoms with Gasteiger partial charge in [-0.2, -0.15) is 0 Å². The van der Waals surface area contributed by atoms with E-state index in [2.05, 4.69) is 42.5 Å². The average Bonchev–Trinajstić information content (AvgIpc) is 3.83. The summed E-state index contributed by atoms with van der Waals surface area (Å²) in [7, 11) is 3.88. The molecule has 23 nitrogen and oxygen atoms in total. The lowest BCUT2D eigenvalue weighted by atomic mass is 9.85. The van der Waals surface area contributed by atoms with Crippen molar-refractivity contribution in [1.82, 2.24) is 47.4 Å². The lowest BCUT2D eigenvalue weighted by Crippen LogP contribution is -2.61. The third-order valence-electron chi connectivity index (χ3n) is 13.4. The average molecular weight is 1070 g/mol. The van der Waals surface area contributed by atoms with Crippen molar-refractivity contribution in [2.45, 2.75) is 166 Å². The van der Waals surface area contributed by atoms with E-state index in [-0.39, 0.29) is 50.9 Å². The zero-order valence-corrected chi connectivity index (χ0v) is 45.2. The number of nitrogens with one attached hydrogen (secondary N) is 8. The van der Waals surface area contributed by atoms with Crippen LogP contribution in [0, 0.1) is 19.8 Å². The zero-order valence-electron chi connectivity index (χ0n) is 43.6. The highest BCUT2D eigenvalue weighted by Crippen LogP contribution is 2.39. The van der Waals surface area contributed by atoms with E-state index in [4.69, 9.17) is 16.2 Å². The quantitative estimate of drug-likeness (QED) is 0.132. The Balaban J connectivity index is 1.86. The van der Waals surface area contributed by atoms with Crippen LogP contribution in [-0.4, -0.2) is 149 Å². The number of amides is 11. The van der Waals surface area contributed by atoms with Crippen LogP contribution in [0.4, 0.5) is 0 Å². The van der Waals surface area contributed by atoms with Gasteiger partial charge in [-0.25, -0.2) is 0 Å². The van der Waals surface area contributed by atoms with Crippen molar-refractivity contribution in [3.05, 3.63) is 28.8 Å². The van der Waals surface area contributed by atoms with Gasteiger partial charge in [-0.1, -0.05) is 48.8 Å². The second kappa shape index (κ2) is 28.0. The summed E-state index contributed by atoms with van der Waals surface area (Å²) < 4.78 is 4.59. The molecule has 74 heavy (non-hydrogen) atoms. The van der Waals surface area contributed by atoms with Crippen molar-refractivity contribution in [3.63, 3.8) is 0 Å². The molecule has 0 aromatic heterocycles. The second-order valence-corrected chi connectivity index (χ2v) is 22.9. The number of aryl methyl sites for hydroxylation is 2. The third kappa shape index (κ3) is 17.5. The lowest BCUT2D eigenvalue weighted by Gasteiger charge is -2.33. The van der Waals surface area contributed by atoms with Gasteiger partial charge in [-0.15, -0.1) is 0 Å². The van der Waals surface area contributed by atoms with Crippen LogP contribution in [0.25, 0.3) is 0 Å². The predicted octanol–water partition coefficient (Wildman–Crippen LogP) is -0.518. The molecule has 25 heteroatoms. The topological polar surface area (TPSA) is 349 Å². The van der Waals surface area contributed by atoms with Gasteiger partial charge in [0.15, 0.2) is 0 Å². The van der Waals surface area contributed by atoms with Crippen molar-refractivity contribution < 1.29 is 57.5 Å². The third-order valence-corrected chi connectivity index (χ3v) is 16.7. The summed E-state index contributed by atoms with van der Waals surface area (Å²) >= 11 is 0. The summed E-state index contributed by atoms with van der Waals surface area (Å²) in [5.41, 5.74) is 13.2. The molecule has 3 saturated heterocycles. The van der Waals surface area contributed by atoms with Gasteiger partial charge in [0.1, 0.15) is 48.0 Å². The van der Waals surface area contributed by atoms with Crippen LogP contribution >= 0.6 is 21.6 Å². The molecule has 2 bridgehead atoms. The Bertz CT molecular complexity index is 2260. The van der Waals surface area contributed by atoms with E-state index in [1.165, 1.54) is 22.8 Å². The van der Waals surface area contributed by atoms with E-state index in [9.17, 15) is 52.7 Å². The van der Waals surface area contributed by atoms with Gasteiger partial charge in [0.05, 0.1) is 20.1 Å². The summed E-state index contributed by atoms with van der Waals surface area (Å²) in [6, 6.07) is -5.86. The van der Waals surface area contributed by atoms with Crippen LogP contribution in [0.3, 0.4) is 0 Å². The first-order valence-corrected chi connectivity index (χ1v) is 27.4. The first kappa shape index (κ1) is 60.4. The van der Waals surface area contributed by atoms with Gasteiger partial charge in [0.25, 0.3) is 0 Å². The normalized spacial score (nSPS) is 26.4. The van der Waals surface area contributed by atoms with Crippen molar-refractivity contribution in [2.75, 3.05) is 32.5 Å². The van der Waals surface area contributed by atoms with E-state index in [0.29, 0.717) is 31.4 Å². The molecule has 3 heterocycles. The maximum atomic E-state index is 14.7. The number of fused-ring (bicyclic) bond motifs is 7. The molecule has 9 atom stereocenters. The maximum absolute atomic E-state index is 14.7. The number of methoxy groups -OCH3 is 1. The minimum atomic E-state index is -1.71. The lowest BCUT2D eigenvalue weighted by molar-refractivity contribution is -0.142. The number of hydrogen-bond acceptors (Lipinski definition) is 14. The molecular weight excluding hydrogens is 999 g/mol. The van der Waals surface area contributed by atoms with Crippen LogP contribution in [0.15, 0.2) is 12.1 Å². The van der Waals surface area contributed by atoms with Crippen molar-refractivity contribution in [2.24, 2.45) is 17.4 Å². The van der Waals surface area contributed by atoms with Gasteiger partial charge in [0, 0.05) is 42.3 Å². The summed E-state index contributed by atoms with van der Waals surface area (Å²) in [5, 5.41) is 21.5. The van der Waals surface area contributed by atoms with Gasteiger partial charge >= 0.3 is 0 Å². The Kier molecular flexibility index (Phi) is 22.8. The summed E-state index contributed by atoms with van der Waals surface area (Å²) in [6.45, 7) is 12.3. The summed E-state index contributed by atoms with van der Waals surface area (Å²) in [6.07, 6.45) is 0.0260. The largest absolute Gasteiger partial charge is 0.497 e. The fourth-order valence-electron chi connectivity index (χ4n) is 9.27. The van der Waals surface area contributed by atoms with Crippen LogP contribution < -0.4 is 58.7 Å². The molecule has 0 radical (unpaired) electrons. The predicted molar refractivity (Wildman–Crippen MR) is 278 cm³/mol. The maximum Gasteiger partial charge on any atom is 0.246 e. The molecule has 0 aliphatic carbocycles. The molecule has 3 aliphatic heterocycles. The molecule has 0 saturated carbocycles.